The van der Waals surface area contributed by atoms with E-state index in [1.54, 1.807) is 0 Å². The van der Waals surface area contributed by atoms with E-state index in [1.807, 2.05) is 0 Å². The molecule has 3 N–H and O–H groups in total. The minimum atomic E-state index is -4.48. The lowest BCUT2D eigenvalue weighted by Gasteiger charge is -2.14. The minimum Gasteiger partial charge on any atom is -0.326 e. The smallest absolute Gasteiger partial charge is 0.326 e. The Kier molecular flexibility index (Phi) is 3.97. The number of benzene rings is 1. The lowest BCUT2D eigenvalue weighted by Crippen LogP contribution is -2.19. The first-order valence-electron chi connectivity index (χ1n) is 6.12. The molecule has 0 aromatic heterocycles. The third-order valence-electron chi connectivity index (χ3n) is 3.07. The zero-order chi connectivity index (χ0) is 15.0. The molecule has 1 aliphatic carbocycles. The highest BCUT2D eigenvalue weighted by Gasteiger charge is 2.32. The highest BCUT2D eigenvalue weighted by molar-refractivity contribution is 7.92. The predicted molar refractivity (Wildman–Crippen MR) is 69.5 cm³/mol. The van der Waals surface area contributed by atoms with Crippen molar-refractivity contribution in [2.75, 3.05) is 10.5 Å². The Labute approximate surface area is 115 Å². The van der Waals surface area contributed by atoms with Crippen LogP contribution in [0.25, 0.3) is 0 Å². The number of hydrogen-bond acceptors (Lipinski definition) is 3. The van der Waals surface area contributed by atoms with Gasteiger partial charge in [-0.15, -0.1) is 0 Å². The van der Waals surface area contributed by atoms with Gasteiger partial charge in [-0.25, -0.2) is 8.42 Å². The Bertz CT molecular complexity index is 595. The van der Waals surface area contributed by atoms with Crippen LogP contribution >= 0.6 is 0 Å². The molecule has 20 heavy (non-hydrogen) atoms. The Hall–Kier alpha value is -1.28. The van der Waals surface area contributed by atoms with E-state index in [0.29, 0.717) is 0 Å². The summed E-state index contributed by atoms with van der Waals surface area (Å²) in [4.78, 5) is 0. The molecule has 2 rings (SSSR count). The van der Waals surface area contributed by atoms with E-state index >= 15 is 0 Å². The molecule has 0 aliphatic heterocycles. The van der Waals surface area contributed by atoms with E-state index in [-0.39, 0.29) is 29.5 Å². The van der Waals surface area contributed by atoms with Crippen molar-refractivity contribution >= 4 is 15.7 Å². The normalized spacial score (nSPS) is 16.2. The number of nitrogens with two attached hydrogens (primary N) is 1. The van der Waals surface area contributed by atoms with Crippen LogP contribution in [0.1, 0.15) is 24.0 Å². The maximum absolute atomic E-state index is 12.6. The third-order valence-corrected chi connectivity index (χ3v) is 4.51. The number of hydrogen-bond donors (Lipinski definition) is 2. The number of halogens is 3. The summed E-state index contributed by atoms with van der Waals surface area (Å²) in [6.07, 6.45) is -2.73. The molecule has 0 spiro atoms. The van der Waals surface area contributed by atoms with E-state index in [2.05, 4.69) is 4.72 Å². The molecule has 0 amide bonds. The van der Waals surface area contributed by atoms with Crippen LogP contribution in [0.5, 0.6) is 0 Å². The van der Waals surface area contributed by atoms with Crippen LogP contribution in [0.3, 0.4) is 0 Å². The van der Waals surface area contributed by atoms with E-state index in [0.717, 1.165) is 31.0 Å². The molecule has 1 aromatic carbocycles. The molecule has 0 atom stereocenters. The third kappa shape index (κ3) is 3.86. The first-order chi connectivity index (χ1) is 9.21. The lowest BCUT2D eigenvalue weighted by atomic mass is 10.1. The summed E-state index contributed by atoms with van der Waals surface area (Å²) in [5.74, 6) is 0.154. The summed E-state index contributed by atoms with van der Waals surface area (Å²) in [6, 6.07) is 2.82. The van der Waals surface area contributed by atoms with Gasteiger partial charge in [0, 0.05) is 6.54 Å². The van der Waals surface area contributed by atoms with Crippen molar-refractivity contribution < 1.29 is 21.6 Å². The maximum Gasteiger partial charge on any atom is 0.416 e. The molecular formula is C12H15F3N2O2S. The fourth-order valence-electron chi connectivity index (χ4n) is 1.84. The van der Waals surface area contributed by atoms with Crippen molar-refractivity contribution in [3.63, 3.8) is 0 Å². The van der Waals surface area contributed by atoms with Crippen LogP contribution in [-0.4, -0.2) is 14.2 Å². The summed E-state index contributed by atoms with van der Waals surface area (Å²) in [7, 11) is -3.54. The molecule has 1 aromatic rings. The summed E-state index contributed by atoms with van der Waals surface area (Å²) in [6.45, 7) is -0.175. The number of sulfonamides is 1. The van der Waals surface area contributed by atoms with Gasteiger partial charge >= 0.3 is 6.18 Å². The van der Waals surface area contributed by atoms with Gasteiger partial charge in [-0.2, -0.15) is 13.2 Å². The topological polar surface area (TPSA) is 72.2 Å². The van der Waals surface area contributed by atoms with Crippen LogP contribution in [-0.2, 0) is 22.7 Å². The summed E-state index contributed by atoms with van der Waals surface area (Å²) in [5.41, 5.74) is 4.79. The maximum atomic E-state index is 12.6. The Balaban J connectivity index is 2.23. The molecule has 1 aliphatic rings. The van der Waals surface area contributed by atoms with Crippen LogP contribution in [0.2, 0.25) is 0 Å². The average molecular weight is 308 g/mol. The van der Waals surface area contributed by atoms with Crippen molar-refractivity contribution in [2.24, 2.45) is 11.7 Å². The summed E-state index contributed by atoms with van der Waals surface area (Å²) >= 11 is 0. The lowest BCUT2D eigenvalue weighted by molar-refractivity contribution is -0.137. The van der Waals surface area contributed by atoms with Crippen molar-refractivity contribution in [2.45, 2.75) is 25.6 Å². The van der Waals surface area contributed by atoms with E-state index in [9.17, 15) is 21.6 Å². The average Bonchev–Trinajstić information content (AvgIpc) is 3.10. The van der Waals surface area contributed by atoms with Crippen molar-refractivity contribution in [3.05, 3.63) is 29.3 Å². The molecule has 1 fully saturated rings. The first-order valence-corrected chi connectivity index (χ1v) is 7.77. The van der Waals surface area contributed by atoms with E-state index in [1.165, 1.54) is 0 Å². The second-order valence-electron chi connectivity index (χ2n) is 4.90. The van der Waals surface area contributed by atoms with Gasteiger partial charge < -0.3 is 5.73 Å². The standard InChI is InChI=1S/C12H15F3N2O2S/c13-12(14,15)10-3-4-11(9(5-10)6-16)17-20(18,19)7-8-1-2-8/h3-5,8,17H,1-2,6-7,16H2. The molecule has 0 unspecified atom stereocenters. The second kappa shape index (κ2) is 5.25. The van der Waals surface area contributed by atoms with E-state index in [4.69, 9.17) is 5.73 Å². The van der Waals surface area contributed by atoms with Gasteiger partial charge in [-0.1, -0.05) is 0 Å². The predicted octanol–water partition coefficient (Wildman–Crippen LogP) is 2.32. The van der Waals surface area contributed by atoms with Gasteiger partial charge in [0.25, 0.3) is 0 Å². The van der Waals surface area contributed by atoms with Gasteiger partial charge in [0.1, 0.15) is 0 Å². The molecule has 8 heteroatoms. The van der Waals surface area contributed by atoms with Gasteiger partial charge in [0.15, 0.2) is 0 Å². The fourth-order valence-corrected chi connectivity index (χ4v) is 3.41. The number of anilines is 1. The van der Waals surface area contributed by atoms with Crippen LogP contribution in [0, 0.1) is 5.92 Å². The highest BCUT2D eigenvalue weighted by Crippen LogP contribution is 2.33. The highest BCUT2D eigenvalue weighted by atomic mass is 32.2. The zero-order valence-corrected chi connectivity index (χ0v) is 11.4. The Morgan fingerprint density at radius 2 is 1.95 bits per heavy atom. The molecule has 0 heterocycles. The summed E-state index contributed by atoms with van der Waals surface area (Å²) in [5, 5.41) is 0. The van der Waals surface area contributed by atoms with Crippen LogP contribution in [0.15, 0.2) is 18.2 Å². The largest absolute Gasteiger partial charge is 0.416 e. The van der Waals surface area contributed by atoms with Crippen LogP contribution < -0.4 is 10.5 Å². The Morgan fingerprint density at radius 3 is 2.45 bits per heavy atom. The zero-order valence-electron chi connectivity index (χ0n) is 10.6. The van der Waals surface area contributed by atoms with E-state index < -0.39 is 21.8 Å². The van der Waals surface area contributed by atoms with Gasteiger partial charge in [0.2, 0.25) is 10.0 Å². The number of nitrogens with one attached hydrogen (secondary N) is 1. The van der Waals surface area contributed by atoms with Crippen molar-refractivity contribution in [3.8, 4) is 0 Å². The van der Waals surface area contributed by atoms with Crippen LogP contribution in [0.4, 0.5) is 18.9 Å². The number of alkyl halides is 3. The monoisotopic (exact) mass is 308 g/mol. The van der Waals surface area contributed by atoms with Gasteiger partial charge in [0.05, 0.1) is 17.0 Å². The Morgan fingerprint density at radius 1 is 1.30 bits per heavy atom. The SMILES string of the molecule is NCc1cc(C(F)(F)F)ccc1NS(=O)(=O)CC1CC1. The fraction of sp³-hybridized carbons (Fsp3) is 0.500. The molecule has 0 saturated heterocycles. The quantitative estimate of drug-likeness (QED) is 0.877. The first kappa shape index (κ1) is 15.1. The van der Waals surface area contributed by atoms with Gasteiger partial charge in [-0.05, 0) is 42.5 Å². The van der Waals surface area contributed by atoms with Crippen molar-refractivity contribution in [1.29, 1.82) is 0 Å². The number of rotatable bonds is 5. The molecule has 4 nitrogen and oxygen atoms in total. The molecule has 0 bridgehead atoms. The van der Waals surface area contributed by atoms with Crippen molar-refractivity contribution in [1.82, 2.24) is 0 Å². The molecule has 1 saturated carbocycles. The second-order valence-corrected chi connectivity index (χ2v) is 6.67. The minimum absolute atomic E-state index is 0.00195. The molecule has 112 valence electrons. The molecular weight excluding hydrogens is 293 g/mol. The van der Waals surface area contributed by atoms with Gasteiger partial charge in [-0.3, -0.25) is 4.72 Å². The summed E-state index contributed by atoms with van der Waals surface area (Å²) < 4.78 is 63.7. The molecule has 0 radical (unpaired) electrons.